The molecule has 0 radical (unpaired) electrons. The summed E-state index contributed by atoms with van der Waals surface area (Å²) in [5.74, 6) is 0. The van der Waals surface area contributed by atoms with Crippen LogP contribution in [0.5, 0.6) is 0 Å². The lowest BCUT2D eigenvalue weighted by molar-refractivity contribution is 0.524. The van der Waals surface area contributed by atoms with E-state index in [9.17, 15) is 0 Å². The van der Waals surface area contributed by atoms with Gasteiger partial charge in [0.1, 0.15) is 6.07 Å². The molecule has 4 nitrogen and oxygen atoms in total. The molecular formula is C13H13ClN4. The molecule has 0 spiro atoms. The van der Waals surface area contributed by atoms with Gasteiger partial charge in [-0.15, -0.1) is 0 Å². The molecule has 0 amide bonds. The molecule has 92 valence electrons. The summed E-state index contributed by atoms with van der Waals surface area (Å²) in [6.07, 6.45) is 3.41. The molecule has 0 atom stereocenters. The van der Waals surface area contributed by atoms with E-state index in [0.717, 1.165) is 11.4 Å². The van der Waals surface area contributed by atoms with Crippen molar-refractivity contribution in [2.75, 3.05) is 0 Å². The summed E-state index contributed by atoms with van der Waals surface area (Å²) in [5.41, 5.74) is 7.75. The van der Waals surface area contributed by atoms with E-state index in [4.69, 9.17) is 22.6 Å². The molecule has 0 fully saturated rings. The topological polar surface area (TPSA) is 67.6 Å². The van der Waals surface area contributed by atoms with E-state index in [1.54, 1.807) is 24.7 Å². The Kier molecular flexibility index (Phi) is 3.12. The van der Waals surface area contributed by atoms with E-state index in [-0.39, 0.29) is 0 Å². The smallest absolute Gasteiger partial charge is 0.101 e. The second kappa shape index (κ2) is 4.45. The third-order valence-electron chi connectivity index (χ3n) is 2.65. The highest BCUT2D eigenvalue weighted by atomic mass is 35.5. The fourth-order valence-corrected chi connectivity index (χ4v) is 1.94. The molecule has 1 aromatic heterocycles. The van der Waals surface area contributed by atoms with Crippen molar-refractivity contribution in [3.63, 3.8) is 0 Å². The zero-order chi connectivity index (χ0) is 13.3. The first-order chi connectivity index (χ1) is 8.43. The molecule has 2 rings (SSSR count). The minimum Gasteiger partial charge on any atom is -0.321 e. The Labute approximate surface area is 111 Å². The first kappa shape index (κ1) is 12.6. The highest BCUT2D eigenvalue weighted by Gasteiger charge is 2.20. The van der Waals surface area contributed by atoms with Gasteiger partial charge in [0, 0.05) is 5.69 Å². The Balaban J connectivity index is 2.54. The number of hydrogen-bond acceptors (Lipinski definition) is 3. The number of nitrogens with two attached hydrogens (primary N) is 1. The summed E-state index contributed by atoms with van der Waals surface area (Å²) in [6.45, 7) is 3.82. The summed E-state index contributed by atoms with van der Waals surface area (Å²) in [7, 11) is 0. The van der Waals surface area contributed by atoms with Gasteiger partial charge in [-0.25, -0.2) is 4.98 Å². The van der Waals surface area contributed by atoms with E-state index in [1.807, 2.05) is 30.6 Å². The third kappa shape index (κ3) is 2.23. The van der Waals surface area contributed by atoms with E-state index < -0.39 is 5.54 Å². The van der Waals surface area contributed by atoms with Gasteiger partial charge < -0.3 is 10.3 Å². The predicted octanol–water partition coefficient (Wildman–Crippen LogP) is 2.59. The predicted molar refractivity (Wildman–Crippen MR) is 70.5 cm³/mol. The minimum absolute atomic E-state index is 0.421. The van der Waals surface area contributed by atoms with Crippen LogP contribution in [0.15, 0.2) is 30.7 Å². The highest BCUT2D eigenvalue weighted by molar-refractivity contribution is 6.31. The van der Waals surface area contributed by atoms with Crippen LogP contribution in [0.2, 0.25) is 5.02 Å². The van der Waals surface area contributed by atoms with Crippen LogP contribution in [0.1, 0.15) is 25.1 Å². The lowest BCUT2D eigenvalue weighted by Crippen LogP contribution is -2.31. The molecule has 0 aliphatic heterocycles. The maximum absolute atomic E-state index is 8.85. The van der Waals surface area contributed by atoms with Gasteiger partial charge in [-0.05, 0) is 32.0 Å². The number of imidazole rings is 1. The van der Waals surface area contributed by atoms with Crippen molar-refractivity contribution in [2.45, 2.75) is 19.4 Å². The van der Waals surface area contributed by atoms with Crippen LogP contribution in [-0.4, -0.2) is 9.55 Å². The van der Waals surface area contributed by atoms with Crippen molar-refractivity contribution in [3.05, 3.63) is 47.0 Å². The van der Waals surface area contributed by atoms with E-state index in [1.165, 1.54) is 0 Å². The molecule has 1 heterocycles. The van der Waals surface area contributed by atoms with Gasteiger partial charge in [0.25, 0.3) is 0 Å². The van der Waals surface area contributed by atoms with Crippen molar-refractivity contribution in [1.29, 1.82) is 5.26 Å². The number of rotatable bonds is 2. The van der Waals surface area contributed by atoms with Crippen molar-refractivity contribution >= 4 is 11.6 Å². The zero-order valence-corrected chi connectivity index (χ0v) is 10.9. The number of aromatic nitrogens is 2. The fourth-order valence-electron chi connectivity index (χ4n) is 1.72. The molecule has 0 aliphatic rings. The molecule has 0 aliphatic carbocycles. The zero-order valence-electron chi connectivity index (χ0n) is 10.2. The van der Waals surface area contributed by atoms with Crippen LogP contribution in [0, 0.1) is 11.3 Å². The van der Waals surface area contributed by atoms with Gasteiger partial charge in [-0.2, -0.15) is 5.26 Å². The molecule has 2 N–H and O–H groups in total. The second-order valence-corrected chi connectivity index (χ2v) is 5.05. The standard InChI is InChI=1S/C13H13ClN4/c1-13(2,16)12-7-17-8-18(12)10-4-3-9(6-15)11(14)5-10/h3-5,7-8H,16H2,1-2H3. The van der Waals surface area contributed by atoms with Crippen LogP contribution >= 0.6 is 11.6 Å². The fraction of sp³-hybridized carbons (Fsp3) is 0.231. The summed E-state index contributed by atoms with van der Waals surface area (Å²) in [6, 6.07) is 7.27. The Morgan fingerprint density at radius 2 is 2.17 bits per heavy atom. The minimum atomic E-state index is -0.503. The summed E-state index contributed by atoms with van der Waals surface area (Å²) >= 11 is 6.03. The van der Waals surface area contributed by atoms with E-state index in [2.05, 4.69) is 4.98 Å². The molecule has 0 saturated carbocycles. The quantitative estimate of drug-likeness (QED) is 0.902. The Morgan fingerprint density at radius 3 is 2.72 bits per heavy atom. The van der Waals surface area contributed by atoms with Crippen LogP contribution in [0.3, 0.4) is 0 Å². The summed E-state index contributed by atoms with van der Waals surface area (Å²) in [4.78, 5) is 4.11. The van der Waals surface area contributed by atoms with Crippen molar-refractivity contribution < 1.29 is 0 Å². The Morgan fingerprint density at radius 1 is 1.44 bits per heavy atom. The second-order valence-electron chi connectivity index (χ2n) is 4.65. The van der Waals surface area contributed by atoms with Crippen LogP contribution in [0.4, 0.5) is 0 Å². The van der Waals surface area contributed by atoms with Gasteiger partial charge in [0.15, 0.2) is 0 Å². The number of nitrogens with zero attached hydrogens (tertiary/aromatic N) is 3. The number of nitriles is 1. The van der Waals surface area contributed by atoms with Gasteiger partial charge in [-0.1, -0.05) is 11.6 Å². The molecule has 0 bridgehead atoms. The monoisotopic (exact) mass is 260 g/mol. The van der Waals surface area contributed by atoms with Gasteiger partial charge in [-0.3, -0.25) is 0 Å². The molecule has 0 saturated heterocycles. The van der Waals surface area contributed by atoms with Crippen molar-refractivity contribution in [1.82, 2.24) is 9.55 Å². The largest absolute Gasteiger partial charge is 0.321 e. The summed E-state index contributed by atoms with van der Waals surface area (Å²) in [5, 5.41) is 9.27. The Bertz CT molecular complexity index is 617. The molecule has 5 heteroatoms. The molecule has 18 heavy (non-hydrogen) atoms. The lowest BCUT2D eigenvalue weighted by Gasteiger charge is -2.20. The maximum atomic E-state index is 8.85. The lowest BCUT2D eigenvalue weighted by atomic mass is 10.0. The van der Waals surface area contributed by atoms with Crippen LogP contribution < -0.4 is 5.73 Å². The maximum Gasteiger partial charge on any atom is 0.101 e. The highest BCUT2D eigenvalue weighted by Crippen LogP contribution is 2.24. The van der Waals surface area contributed by atoms with Crippen LogP contribution in [-0.2, 0) is 5.54 Å². The summed E-state index contributed by atoms with van der Waals surface area (Å²) < 4.78 is 1.87. The van der Waals surface area contributed by atoms with Crippen LogP contribution in [0.25, 0.3) is 5.69 Å². The Hall–Kier alpha value is -1.83. The van der Waals surface area contributed by atoms with Crippen molar-refractivity contribution in [2.24, 2.45) is 5.73 Å². The van der Waals surface area contributed by atoms with E-state index in [0.29, 0.717) is 10.6 Å². The average molecular weight is 261 g/mol. The average Bonchev–Trinajstić information content (AvgIpc) is 2.77. The van der Waals surface area contributed by atoms with E-state index >= 15 is 0 Å². The normalized spacial score (nSPS) is 11.3. The molecule has 2 aromatic rings. The molecule has 1 aromatic carbocycles. The number of hydrogen-bond donors (Lipinski definition) is 1. The number of halogens is 1. The molecule has 0 unspecified atom stereocenters. The van der Waals surface area contributed by atoms with Gasteiger partial charge in [0.05, 0.1) is 34.3 Å². The van der Waals surface area contributed by atoms with Crippen molar-refractivity contribution in [3.8, 4) is 11.8 Å². The first-order valence-corrected chi connectivity index (χ1v) is 5.83. The SMILES string of the molecule is CC(C)(N)c1cncn1-c1ccc(C#N)c(Cl)c1. The number of benzene rings is 1. The molecular weight excluding hydrogens is 248 g/mol. The van der Waals surface area contributed by atoms with Gasteiger partial charge in [0.2, 0.25) is 0 Å². The first-order valence-electron chi connectivity index (χ1n) is 5.45. The third-order valence-corrected chi connectivity index (χ3v) is 2.96. The van der Waals surface area contributed by atoms with Gasteiger partial charge >= 0.3 is 0 Å².